The molecule has 0 saturated carbocycles. The molecule has 2 rings (SSSR count). The van der Waals surface area contributed by atoms with Gasteiger partial charge in [0.05, 0.1) is 19.2 Å². The number of carbonyl (C=O) groups is 2. The lowest BCUT2D eigenvalue weighted by molar-refractivity contribution is -0.135. The van der Waals surface area contributed by atoms with Crippen LogP contribution in [0, 0.1) is 0 Å². The summed E-state index contributed by atoms with van der Waals surface area (Å²) in [5.74, 6) is -0.138. The van der Waals surface area contributed by atoms with E-state index in [-0.39, 0.29) is 12.3 Å². The lowest BCUT2D eigenvalue weighted by atomic mass is 9.99. The van der Waals surface area contributed by atoms with Gasteiger partial charge in [0.25, 0.3) is 5.91 Å². The van der Waals surface area contributed by atoms with Crippen molar-refractivity contribution in [2.45, 2.75) is 19.8 Å². The van der Waals surface area contributed by atoms with Gasteiger partial charge in [0, 0.05) is 24.1 Å². The fourth-order valence-corrected chi connectivity index (χ4v) is 3.14. The van der Waals surface area contributed by atoms with Gasteiger partial charge >= 0.3 is 5.97 Å². The van der Waals surface area contributed by atoms with E-state index < -0.39 is 5.97 Å². The summed E-state index contributed by atoms with van der Waals surface area (Å²) in [6.45, 7) is 1.78. The highest BCUT2D eigenvalue weighted by molar-refractivity contribution is 6.19. The molecule has 1 amide bonds. The third kappa shape index (κ3) is 5.14. The van der Waals surface area contributed by atoms with Crippen LogP contribution in [0.3, 0.4) is 0 Å². The number of aliphatic carboxylic acids is 1. The molecule has 1 aromatic rings. The van der Waals surface area contributed by atoms with Crippen LogP contribution in [-0.2, 0) is 9.59 Å². The first kappa shape index (κ1) is 21.5. The molecule has 28 heavy (non-hydrogen) atoms. The molecule has 1 aliphatic rings. The van der Waals surface area contributed by atoms with E-state index in [2.05, 4.69) is 0 Å². The monoisotopic (exact) mass is 401 g/mol. The average molecular weight is 402 g/mol. The molecule has 0 heterocycles. The van der Waals surface area contributed by atoms with E-state index in [4.69, 9.17) is 16.3 Å². The number of anilines is 1. The maximum Gasteiger partial charge on any atom is 0.307 e. The van der Waals surface area contributed by atoms with Crippen LogP contribution in [0.5, 0.6) is 5.75 Å². The van der Waals surface area contributed by atoms with E-state index in [1.165, 1.54) is 4.90 Å². The summed E-state index contributed by atoms with van der Waals surface area (Å²) in [5, 5.41) is 9.24. The third-order valence-corrected chi connectivity index (χ3v) is 4.81. The lowest BCUT2D eigenvalue weighted by Crippen LogP contribution is -2.28. The zero-order valence-electron chi connectivity index (χ0n) is 16.2. The Hall–Kier alpha value is -2.79. The van der Waals surface area contributed by atoms with E-state index in [1.54, 1.807) is 51.4 Å². The largest absolute Gasteiger partial charge is 0.497 e. The summed E-state index contributed by atoms with van der Waals surface area (Å²) in [6, 6.07) is 5.27. The van der Waals surface area contributed by atoms with Crippen LogP contribution in [0.25, 0.3) is 5.57 Å². The molecule has 0 aliphatic heterocycles. The first-order chi connectivity index (χ1) is 13.4. The second-order valence-corrected chi connectivity index (χ2v) is 6.54. The van der Waals surface area contributed by atoms with Crippen molar-refractivity contribution in [2.75, 3.05) is 24.9 Å². The van der Waals surface area contributed by atoms with Gasteiger partial charge in [-0.2, -0.15) is 0 Å². The van der Waals surface area contributed by atoms with Crippen LogP contribution in [-0.4, -0.2) is 37.0 Å². The molecule has 1 aromatic carbocycles. The number of carboxylic acids is 1. The molecule has 0 saturated heterocycles. The van der Waals surface area contributed by atoms with Crippen molar-refractivity contribution in [3.8, 4) is 5.75 Å². The second-order valence-electron chi connectivity index (χ2n) is 6.27. The number of allylic oxidation sites excluding steroid dienone is 5. The molecule has 6 heteroatoms. The Balaban J connectivity index is 2.42. The normalized spacial score (nSPS) is 14.1. The summed E-state index contributed by atoms with van der Waals surface area (Å²) in [4.78, 5) is 25.9. The molecule has 0 aromatic heterocycles. The fourth-order valence-electron chi connectivity index (χ4n) is 2.94. The van der Waals surface area contributed by atoms with Crippen molar-refractivity contribution >= 4 is 34.7 Å². The van der Waals surface area contributed by atoms with E-state index >= 15 is 0 Å². The fraction of sp³-hybridized carbons (Fsp3) is 0.273. The first-order valence-electron chi connectivity index (χ1n) is 8.88. The number of halogens is 1. The van der Waals surface area contributed by atoms with E-state index in [1.807, 2.05) is 18.2 Å². The minimum absolute atomic E-state index is 0.149. The van der Waals surface area contributed by atoms with Gasteiger partial charge in [-0.3, -0.25) is 9.59 Å². The quantitative estimate of drug-likeness (QED) is 0.678. The van der Waals surface area contributed by atoms with E-state index in [0.717, 1.165) is 5.57 Å². The molecule has 0 unspecified atom stereocenters. The average Bonchev–Trinajstić information content (AvgIpc) is 2.96. The van der Waals surface area contributed by atoms with Crippen LogP contribution in [0.2, 0.25) is 0 Å². The van der Waals surface area contributed by atoms with Crippen LogP contribution >= 0.6 is 11.6 Å². The highest BCUT2D eigenvalue weighted by Crippen LogP contribution is 2.33. The predicted octanol–water partition coefficient (Wildman–Crippen LogP) is 4.59. The standard InChI is InChI=1S/C22H24ClNO4/c1-4-16(12-21(25)26)19-13-18(28-3)10-11-20(19)24(2)22(27)17-7-5-6-15(14-23)8-9-17/h4,6-11,13H,5,12,14H2,1-3H3,(H,25,26)/b16-4+. The van der Waals surface area contributed by atoms with Crippen molar-refractivity contribution in [1.29, 1.82) is 0 Å². The van der Waals surface area contributed by atoms with Gasteiger partial charge in [-0.15, -0.1) is 11.6 Å². The Morgan fingerprint density at radius 1 is 1.29 bits per heavy atom. The molecule has 0 spiro atoms. The number of carbonyl (C=O) groups excluding carboxylic acids is 1. The number of alkyl halides is 1. The van der Waals surface area contributed by atoms with E-state index in [0.29, 0.717) is 40.4 Å². The summed E-state index contributed by atoms with van der Waals surface area (Å²) >= 11 is 5.88. The molecule has 0 atom stereocenters. The Labute approximate surface area is 170 Å². The van der Waals surface area contributed by atoms with Gasteiger partial charge < -0.3 is 14.7 Å². The van der Waals surface area contributed by atoms with Crippen LogP contribution in [0.4, 0.5) is 5.69 Å². The molecular weight excluding hydrogens is 378 g/mol. The van der Waals surface area contributed by atoms with Crippen molar-refractivity contribution in [2.24, 2.45) is 0 Å². The zero-order valence-corrected chi connectivity index (χ0v) is 17.0. The van der Waals surface area contributed by atoms with Crippen molar-refractivity contribution in [3.05, 3.63) is 65.3 Å². The van der Waals surface area contributed by atoms with Gasteiger partial charge in [-0.1, -0.05) is 24.3 Å². The number of likely N-dealkylation sites (N-methyl/N-ethyl adjacent to an activating group) is 1. The Morgan fingerprint density at radius 2 is 2.04 bits per heavy atom. The van der Waals surface area contributed by atoms with Crippen LogP contribution in [0.15, 0.2) is 59.7 Å². The van der Waals surface area contributed by atoms with Crippen molar-refractivity contribution in [3.63, 3.8) is 0 Å². The zero-order chi connectivity index (χ0) is 20.7. The highest BCUT2D eigenvalue weighted by Gasteiger charge is 2.20. The summed E-state index contributed by atoms with van der Waals surface area (Å²) in [6.07, 6.45) is 9.65. The summed E-state index contributed by atoms with van der Waals surface area (Å²) < 4.78 is 5.29. The minimum Gasteiger partial charge on any atom is -0.497 e. The molecule has 1 aliphatic carbocycles. The molecule has 0 fully saturated rings. The Kier molecular flexibility index (Phi) is 7.64. The number of nitrogens with zero attached hydrogens (tertiary/aromatic N) is 1. The molecule has 0 radical (unpaired) electrons. The van der Waals surface area contributed by atoms with Gasteiger partial charge in [0.15, 0.2) is 0 Å². The summed E-state index contributed by atoms with van der Waals surface area (Å²) in [7, 11) is 3.22. The smallest absolute Gasteiger partial charge is 0.307 e. The molecule has 148 valence electrons. The Bertz CT molecular complexity index is 881. The number of hydrogen-bond donors (Lipinski definition) is 1. The molecule has 0 bridgehead atoms. The van der Waals surface area contributed by atoms with Gasteiger partial charge in [-0.25, -0.2) is 0 Å². The number of benzene rings is 1. The second kappa shape index (κ2) is 9.95. The minimum atomic E-state index is -0.940. The van der Waals surface area contributed by atoms with E-state index in [9.17, 15) is 14.7 Å². The van der Waals surface area contributed by atoms with Crippen molar-refractivity contribution in [1.82, 2.24) is 0 Å². The first-order valence-corrected chi connectivity index (χ1v) is 9.41. The topological polar surface area (TPSA) is 66.8 Å². The lowest BCUT2D eigenvalue weighted by Gasteiger charge is -2.23. The Morgan fingerprint density at radius 3 is 2.64 bits per heavy atom. The van der Waals surface area contributed by atoms with Gasteiger partial charge in [-0.05, 0) is 48.8 Å². The number of ether oxygens (including phenoxy) is 1. The maximum atomic E-state index is 13.1. The predicted molar refractivity (Wildman–Crippen MR) is 113 cm³/mol. The van der Waals surface area contributed by atoms with Crippen molar-refractivity contribution < 1.29 is 19.4 Å². The number of carboxylic acid groups (broad SMARTS) is 1. The SMILES string of the molecule is C/C=C(\CC(=O)O)c1cc(OC)ccc1N(C)C(=O)C1=CCC=C(CCl)C=C1. The highest BCUT2D eigenvalue weighted by atomic mass is 35.5. The molecule has 5 nitrogen and oxygen atoms in total. The third-order valence-electron chi connectivity index (χ3n) is 4.50. The maximum absolute atomic E-state index is 13.1. The number of amides is 1. The van der Waals surface area contributed by atoms with Crippen LogP contribution in [0.1, 0.15) is 25.3 Å². The molecule has 1 N–H and O–H groups in total. The number of hydrogen-bond acceptors (Lipinski definition) is 3. The van der Waals surface area contributed by atoms with Crippen LogP contribution < -0.4 is 9.64 Å². The molecular formula is C22H24ClNO4. The van der Waals surface area contributed by atoms with Gasteiger partial charge in [0.2, 0.25) is 0 Å². The summed E-state index contributed by atoms with van der Waals surface area (Å²) in [5.41, 5.74) is 3.40. The number of rotatable bonds is 7. The van der Waals surface area contributed by atoms with Gasteiger partial charge in [0.1, 0.15) is 5.75 Å². The number of methoxy groups -OCH3 is 1.